The zero-order chi connectivity index (χ0) is 14.9. The first kappa shape index (κ1) is 15.0. The van der Waals surface area contributed by atoms with Gasteiger partial charge in [-0.2, -0.15) is 5.10 Å². The summed E-state index contributed by atoms with van der Waals surface area (Å²) in [7, 11) is 0. The molecule has 1 heterocycles. The molecule has 1 atom stereocenters. The van der Waals surface area contributed by atoms with Gasteiger partial charge < -0.3 is 5.11 Å². The van der Waals surface area contributed by atoms with Gasteiger partial charge in [-0.05, 0) is 38.0 Å². The quantitative estimate of drug-likeness (QED) is 0.932. The van der Waals surface area contributed by atoms with Crippen LogP contribution in [0, 0.1) is 19.7 Å². The van der Waals surface area contributed by atoms with Crippen molar-refractivity contribution in [3.8, 4) is 0 Å². The van der Waals surface area contributed by atoms with Gasteiger partial charge in [0, 0.05) is 11.3 Å². The van der Waals surface area contributed by atoms with E-state index in [4.69, 9.17) is 11.6 Å². The number of halogens is 2. The number of benzene rings is 1. The van der Waals surface area contributed by atoms with Gasteiger partial charge in [0.2, 0.25) is 0 Å². The van der Waals surface area contributed by atoms with Crippen molar-refractivity contribution in [3.05, 3.63) is 51.6 Å². The Bertz CT molecular complexity index is 625. The van der Waals surface area contributed by atoms with Crippen LogP contribution in [0.2, 0.25) is 5.02 Å². The predicted octanol–water partition coefficient (Wildman–Crippen LogP) is 3.78. The Hall–Kier alpha value is -1.39. The van der Waals surface area contributed by atoms with Crippen LogP contribution in [0.15, 0.2) is 18.2 Å². The first-order valence-corrected chi connectivity index (χ1v) is 6.97. The van der Waals surface area contributed by atoms with Crippen molar-refractivity contribution in [3.63, 3.8) is 0 Å². The van der Waals surface area contributed by atoms with Crippen LogP contribution in [0.25, 0.3) is 0 Å². The van der Waals surface area contributed by atoms with Crippen LogP contribution in [-0.2, 0) is 6.54 Å². The average Bonchev–Trinajstić information content (AvgIpc) is 2.68. The molecule has 20 heavy (non-hydrogen) atoms. The maximum Gasteiger partial charge on any atom is 0.141 e. The molecule has 3 nitrogen and oxygen atoms in total. The number of aliphatic hydroxyl groups excluding tert-OH is 1. The third-order valence-corrected chi connectivity index (χ3v) is 3.76. The van der Waals surface area contributed by atoms with E-state index >= 15 is 0 Å². The Kier molecular flexibility index (Phi) is 4.45. The Balaban J connectivity index is 2.32. The third kappa shape index (κ3) is 2.86. The van der Waals surface area contributed by atoms with Gasteiger partial charge in [0.25, 0.3) is 0 Å². The summed E-state index contributed by atoms with van der Waals surface area (Å²) >= 11 is 5.78. The molecule has 2 rings (SSSR count). The van der Waals surface area contributed by atoms with E-state index in [0.717, 1.165) is 22.5 Å². The molecule has 0 fully saturated rings. The van der Waals surface area contributed by atoms with Crippen molar-refractivity contribution in [2.75, 3.05) is 0 Å². The topological polar surface area (TPSA) is 38.1 Å². The summed E-state index contributed by atoms with van der Waals surface area (Å²) in [5.74, 6) is -0.425. The molecular formula is C15H18ClFN2O. The van der Waals surface area contributed by atoms with E-state index in [1.807, 2.05) is 25.5 Å². The predicted molar refractivity (Wildman–Crippen MR) is 77.5 cm³/mol. The van der Waals surface area contributed by atoms with Crippen molar-refractivity contribution in [2.24, 2.45) is 0 Å². The maximum atomic E-state index is 13.1. The minimum atomic E-state index is -0.499. The smallest absolute Gasteiger partial charge is 0.141 e. The molecule has 1 unspecified atom stereocenters. The van der Waals surface area contributed by atoms with Crippen LogP contribution in [0.5, 0.6) is 0 Å². The summed E-state index contributed by atoms with van der Waals surface area (Å²) in [6.45, 7) is 6.25. The van der Waals surface area contributed by atoms with Crippen LogP contribution < -0.4 is 0 Å². The number of aryl methyl sites for hydroxylation is 1. The molecule has 1 N–H and O–H groups in total. The number of hydrogen-bond donors (Lipinski definition) is 1. The minimum Gasteiger partial charge on any atom is -0.388 e. The Labute approximate surface area is 123 Å². The summed E-state index contributed by atoms with van der Waals surface area (Å²) < 4.78 is 15.0. The highest BCUT2D eigenvalue weighted by molar-refractivity contribution is 6.30. The van der Waals surface area contributed by atoms with E-state index < -0.39 is 11.9 Å². The summed E-state index contributed by atoms with van der Waals surface area (Å²) in [4.78, 5) is 0. The highest BCUT2D eigenvalue weighted by Gasteiger charge is 2.17. The largest absolute Gasteiger partial charge is 0.388 e. The van der Waals surface area contributed by atoms with E-state index in [-0.39, 0.29) is 5.02 Å². The van der Waals surface area contributed by atoms with Crippen LogP contribution in [-0.4, -0.2) is 14.9 Å². The van der Waals surface area contributed by atoms with Gasteiger partial charge in [0.05, 0.1) is 23.4 Å². The summed E-state index contributed by atoms with van der Waals surface area (Å²) in [6.07, 6.45) is 0.149. The fourth-order valence-corrected chi connectivity index (χ4v) is 2.57. The van der Waals surface area contributed by atoms with Gasteiger partial charge in [-0.1, -0.05) is 24.6 Å². The zero-order valence-corrected chi connectivity index (χ0v) is 12.6. The molecule has 0 amide bonds. The third-order valence-electron chi connectivity index (χ3n) is 3.47. The molecular weight excluding hydrogens is 279 g/mol. The first-order chi connectivity index (χ1) is 9.43. The monoisotopic (exact) mass is 296 g/mol. The molecule has 2 aromatic rings. The van der Waals surface area contributed by atoms with E-state index in [9.17, 15) is 9.50 Å². The number of nitrogens with zero attached hydrogens (tertiary/aromatic N) is 2. The van der Waals surface area contributed by atoms with Gasteiger partial charge in [0.1, 0.15) is 5.82 Å². The van der Waals surface area contributed by atoms with Gasteiger partial charge in [-0.15, -0.1) is 0 Å². The fourth-order valence-electron chi connectivity index (χ4n) is 2.36. The van der Waals surface area contributed by atoms with E-state index in [0.29, 0.717) is 13.0 Å². The second-order valence-corrected chi connectivity index (χ2v) is 5.32. The number of aliphatic hydroxyl groups is 1. The summed E-state index contributed by atoms with van der Waals surface area (Å²) in [6, 6.07) is 4.64. The molecule has 0 aliphatic rings. The van der Waals surface area contributed by atoms with Crippen LogP contribution >= 0.6 is 11.6 Å². The Morgan fingerprint density at radius 1 is 1.40 bits per heavy atom. The molecule has 0 bridgehead atoms. The number of aromatic nitrogens is 2. The van der Waals surface area contributed by atoms with Crippen molar-refractivity contribution >= 4 is 11.6 Å². The molecule has 0 spiro atoms. The molecule has 5 heteroatoms. The Morgan fingerprint density at radius 2 is 2.10 bits per heavy atom. The molecule has 1 aromatic carbocycles. The maximum absolute atomic E-state index is 13.1. The molecule has 108 valence electrons. The van der Waals surface area contributed by atoms with Crippen LogP contribution in [0.1, 0.15) is 42.0 Å². The lowest BCUT2D eigenvalue weighted by Gasteiger charge is -2.09. The lowest BCUT2D eigenvalue weighted by molar-refractivity contribution is 0.172. The molecule has 0 radical (unpaired) electrons. The summed E-state index contributed by atoms with van der Waals surface area (Å²) in [5, 5.41) is 14.6. The van der Waals surface area contributed by atoms with E-state index in [1.54, 1.807) is 12.1 Å². The molecule has 0 saturated heterocycles. The number of hydrogen-bond acceptors (Lipinski definition) is 2. The minimum absolute atomic E-state index is 0.109. The first-order valence-electron chi connectivity index (χ1n) is 6.60. The Morgan fingerprint density at radius 3 is 2.70 bits per heavy atom. The highest BCUT2D eigenvalue weighted by atomic mass is 35.5. The normalized spacial score (nSPS) is 12.7. The molecule has 0 aliphatic heterocycles. The second kappa shape index (κ2) is 5.94. The van der Waals surface area contributed by atoms with Crippen molar-refractivity contribution in [2.45, 2.75) is 39.8 Å². The average molecular weight is 297 g/mol. The summed E-state index contributed by atoms with van der Waals surface area (Å²) in [5.41, 5.74) is 3.50. The number of rotatable bonds is 4. The second-order valence-electron chi connectivity index (χ2n) is 4.91. The fraction of sp³-hybridized carbons (Fsp3) is 0.400. The zero-order valence-electron chi connectivity index (χ0n) is 11.8. The molecule has 1 aromatic heterocycles. The highest BCUT2D eigenvalue weighted by Crippen LogP contribution is 2.25. The van der Waals surface area contributed by atoms with Gasteiger partial charge >= 0.3 is 0 Å². The molecule has 0 saturated carbocycles. The van der Waals surface area contributed by atoms with Crippen molar-refractivity contribution in [1.29, 1.82) is 0 Å². The SMILES string of the molecule is CCC(O)c1c(C)nn(Cc2ccc(F)c(Cl)c2)c1C. The standard InChI is InChI=1S/C15H18ClFN2O/c1-4-14(20)15-9(2)18-19(10(15)3)8-11-5-6-13(17)12(16)7-11/h5-7,14,20H,4,8H2,1-3H3. The lowest BCUT2D eigenvalue weighted by Crippen LogP contribution is -2.05. The van der Waals surface area contributed by atoms with Crippen molar-refractivity contribution < 1.29 is 9.50 Å². The van der Waals surface area contributed by atoms with E-state index in [1.165, 1.54) is 6.07 Å². The van der Waals surface area contributed by atoms with Crippen LogP contribution in [0.3, 0.4) is 0 Å². The van der Waals surface area contributed by atoms with Crippen molar-refractivity contribution in [1.82, 2.24) is 9.78 Å². The van der Waals surface area contributed by atoms with Gasteiger partial charge in [-0.3, -0.25) is 4.68 Å². The van der Waals surface area contributed by atoms with Crippen LogP contribution in [0.4, 0.5) is 4.39 Å². The van der Waals surface area contributed by atoms with Gasteiger partial charge in [0.15, 0.2) is 0 Å². The molecule has 0 aliphatic carbocycles. The van der Waals surface area contributed by atoms with Gasteiger partial charge in [-0.25, -0.2) is 4.39 Å². The lowest BCUT2D eigenvalue weighted by atomic mass is 10.1. The van der Waals surface area contributed by atoms with E-state index in [2.05, 4.69) is 5.10 Å².